The average Bonchev–Trinajstić information content (AvgIpc) is 2.60. The third-order valence-corrected chi connectivity index (χ3v) is 14.7. The van der Waals surface area contributed by atoms with E-state index in [4.69, 9.17) is 0 Å². The molecule has 0 bridgehead atoms. The number of hydrogen-bond acceptors (Lipinski definition) is 2. The van der Waals surface area contributed by atoms with Crippen molar-refractivity contribution in [3.05, 3.63) is 24.3 Å². The van der Waals surface area contributed by atoms with Gasteiger partial charge in [0.05, 0.1) is 0 Å². The lowest BCUT2D eigenvalue weighted by Crippen LogP contribution is -2.19. The zero-order valence-corrected chi connectivity index (χ0v) is 27.4. The summed E-state index contributed by atoms with van der Waals surface area (Å²) in [7, 11) is -81.0. The minimum absolute atomic E-state index is 2.51. The summed E-state index contributed by atoms with van der Waals surface area (Å²) in [5.41, 5.74) is 0. The first-order valence-corrected chi connectivity index (χ1v) is 23.6. The smallest absolute Gasteiger partial charge is 0.0936 e. The van der Waals surface area contributed by atoms with Crippen molar-refractivity contribution in [3.8, 4) is 0 Å². The summed E-state index contributed by atoms with van der Waals surface area (Å²) in [6.45, 7) is 0. The Hall–Kier alpha value is -0.860. The summed E-state index contributed by atoms with van der Waals surface area (Å²) in [5.74, 6) is 0. The van der Waals surface area contributed by atoms with Crippen molar-refractivity contribution >= 4 is 82.9 Å². The van der Waals surface area contributed by atoms with Gasteiger partial charge >= 0.3 is 61.3 Å². The molecule has 38 heteroatoms. The molecule has 0 fully saturated rings. The molecule has 50 heavy (non-hydrogen) atoms. The first-order valence-electron chi connectivity index (χ1n) is 9.74. The van der Waals surface area contributed by atoms with Crippen molar-refractivity contribution in [2.24, 2.45) is 0 Å². The average molecular weight is 975 g/mol. The summed E-state index contributed by atoms with van der Waals surface area (Å²) in [6, 6.07) is -11.7. The zero-order chi connectivity index (χ0) is 41.3. The highest BCUT2D eigenvalue weighted by atomic mass is 33.1. The van der Waals surface area contributed by atoms with Crippen molar-refractivity contribution in [2.45, 2.75) is 39.2 Å². The quantitative estimate of drug-likeness (QED) is 0.181. The van der Waals surface area contributed by atoms with Crippen molar-refractivity contribution in [1.82, 2.24) is 0 Å². The summed E-state index contributed by atoms with van der Waals surface area (Å²) in [5, 5.41) is 0. The SMILES string of the molecule is FS(F)(F)(F)(F)c1cc(S(F)(F)(F)(F)F)c(S(F)(F)(F)(F)F)cc1SSc1cc(S(F)(F)(F)(F)F)c(S(F)(F)(F)(F)F)cc1S(F)(F)(F)(F)F. The predicted octanol–water partition coefficient (Wildman–Crippen LogP) is 20.4. The number of hydrogen-bond donors (Lipinski definition) is 0. The lowest BCUT2D eigenvalue weighted by atomic mass is 10.3. The molecule has 0 amide bonds. The molecule has 2 rings (SSSR count). The van der Waals surface area contributed by atoms with Crippen LogP contribution in [0.15, 0.2) is 63.4 Å². The Balaban J connectivity index is 3.37. The van der Waals surface area contributed by atoms with E-state index in [0.717, 1.165) is 0 Å². The van der Waals surface area contributed by atoms with Crippen LogP contribution in [0.25, 0.3) is 0 Å². The van der Waals surface area contributed by atoms with Crippen LogP contribution in [0, 0.1) is 0 Å². The topological polar surface area (TPSA) is 0 Å². The Bertz CT molecular complexity index is 1740. The summed E-state index contributed by atoms with van der Waals surface area (Å²) in [6.07, 6.45) is 0. The Labute approximate surface area is 262 Å². The molecule has 0 radical (unpaired) electrons. The van der Waals surface area contributed by atoms with E-state index in [1.807, 2.05) is 0 Å². The van der Waals surface area contributed by atoms with E-state index in [1.165, 1.54) is 0 Å². The van der Waals surface area contributed by atoms with Crippen molar-refractivity contribution in [1.29, 1.82) is 0 Å². The standard InChI is InChI=1S/C12H4F30S8/c13-45(14,15,16,17)7-3-11(49(33,34,35,36)37)9(47(23,24,25,26)27)1-5(7)43-44-6-2-10(48(28,29,30,31)32)12(50(38,39,40,41)42)4-8(6)46(18,19,20,21)22/h1-4H. The van der Waals surface area contributed by atoms with Gasteiger partial charge in [0, 0.05) is 9.79 Å². The van der Waals surface area contributed by atoms with Crippen LogP contribution in [0.2, 0.25) is 0 Å². The van der Waals surface area contributed by atoms with Gasteiger partial charge in [-0.05, 0) is 24.3 Å². The van der Waals surface area contributed by atoms with Gasteiger partial charge in [-0.3, -0.25) is 0 Å². The number of halogens is 30. The summed E-state index contributed by atoms with van der Waals surface area (Å²) in [4.78, 5) is -39.5. The Kier molecular flexibility index (Phi) is 6.83. The van der Waals surface area contributed by atoms with Gasteiger partial charge in [0.15, 0.2) is 0 Å². The fourth-order valence-corrected chi connectivity index (χ4v) is 13.6. The monoisotopic (exact) mass is 974 g/mol. The van der Waals surface area contributed by atoms with E-state index in [9.17, 15) is 117 Å². The van der Waals surface area contributed by atoms with Crippen LogP contribution in [0.5, 0.6) is 0 Å². The fraction of sp³-hybridized carbons (Fsp3) is 0. The van der Waals surface area contributed by atoms with Crippen LogP contribution in [-0.4, -0.2) is 0 Å². The highest BCUT2D eigenvalue weighted by Crippen LogP contribution is 3.13. The molecule has 0 aromatic heterocycles. The summed E-state index contributed by atoms with van der Waals surface area (Å²) < 4.78 is 401. The van der Waals surface area contributed by atoms with Gasteiger partial charge < -0.3 is 0 Å². The maximum atomic E-state index is 13.5. The van der Waals surface area contributed by atoms with Crippen molar-refractivity contribution in [2.75, 3.05) is 0 Å². The van der Waals surface area contributed by atoms with Gasteiger partial charge in [-0.1, -0.05) is 138 Å². The molecule has 310 valence electrons. The second-order valence-corrected chi connectivity index (χ2v) is 26.0. The number of rotatable bonds is 9. The highest BCUT2D eigenvalue weighted by Gasteiger charge is 2.79. The lowest BCUT2D eigenvalue weighted by molar-refractivity contribution is 0.331. The van der Waals surface area contributed by atoms with E-state index in [1.54, 1.807) is 0 Å². The van der Waals surface area contributed by atoms with Gasteiger partial charge in [-0.25, -0.2) is 0 Å². The van der Waals surface area contributed by atoms with E-state index in [2.05, 4.69) is 0 Å². The first kappa shape index (κ1) is 45.3. The molecule has 0 saturated carbocycles. The van der Waals surface area contributed by atoms with Gasteiger partial charge in [-0.15, -0.1) is 0 Å². The van der Waals surface area contributed by atoms with E-state index < -0.39 is 146 Å². The maximum absolute atomic E-state index is 13.5. The molecule has 0 spiro atoms. The largest absolute Gasteiger partial charge is 0.311 e. The third-order valence-electron chi connectivity index (χ3n) is 4.73. The third kappa shape index (κ3) is 10.9. The molecule has 0 N–H and O–H groups in total. The molecule has 0 aliphatic heterocycles. The van der Waals surface area contributed by atoms with Gasteiger partial charge in [0.2, 0.25) is 0 Å². The van der Waals surface area contributed by atoms with Crippen LogP contribution < -0.4 is 0 Å². The molecule has 0 saturated heterocycles. The molecule has 0 aliphatic carbocycles. The Morgan fingerprint density at radius 2 is 0.360 bits per heavy atom. The van der Waals surface area contributed by atoms with Gasteiger partial charge in [-0.2, -0.15) is 0 Å². The molecular formula is C12H4F30S8. The highest BCUT2D eigenvalue weighted by molar-refractivity contribution is 8.77. The van der Waals surface area contributed by atoms with Crippen molar-refractivity contribution in [3.63, 3.8) is 0 Å². The molecular weight excluding hydrogens is 971 g/mol. The molecule has 2 aromatic carbocycles. The van der Waals surface area contributed by atoms with Crippen LogP contribution >= 0.6 is 82.9 Å². The molecule has 0 unspecified atom stereocenters. The second kappa shape index (κ2) is 7.54. The Morgan fingerprint density at radius 1 is 0.220 bits per heavy atom. The summed E-state index contributed by atoms with van der Waals surface area (Å²) >= 11 is 0. The lowest BCUT2D eigenvalue weighted by Gasteiger charge is -2.50. The van der Waals surface area contributed by atoms with Crippen LogP contribution in [0.3, 0.4) is 0 Å². The van der Waals surface area contributed by atoms with Crippen LogP contribution in [0.4, 0.5) is 117 Å². The molecule has 0 atom stereocenters. The number of benzene rings is 2. The van der Waals surface area contributed by atoms with E-state index >= 15 is 0 Å². The van der Waals surface area contributed by atoms with Crippen molar-refractivity contribution < 1.29 is 117 Å². The second-order valence-electron chi connectivity index (χ2n) is 9.47. The minimum Gasteiger partial charge on any atom is -0.0936 e. The van der Waals surface area contributed by atoms with E-state index in [0.29, 0.717) is 0 Å². The van der Waals surface area contributed by atoms with Gasteiger partial charge in [0.1, 0.15) is 29.4 Å². The predicted molar refractivity (Wildman–Crippen MR) is 133 cm³/mol. The van der Waals surface area contributed by atoms with E-state index in [-0.39, 0.29) is 0 Å². The van der Waals surface area contributed by atoms with Crippen LogP contribution in [0.1, 0.15) is 0 Å². The fourth-order valence-electron chi connectivity index (χ4n) is 3.07. The molecule has 0 heterocycles. The normalized spacial score (nSPS) is 23.1. The first-order chi connectivity index (χ1) is 19.6. The zero-order valence-electron chi connectivity index (χ0n) is 20.9. The van der Waals surface area contributed by atoms with Crippen LogP contribution in [-0.2, 0) is 0 Å². The molecule has 2 aromatic rings. The Morgan fingerprint density at radius 3 is 0.500 bits per heavy atom. The molecule has 0 nitrogen and oxygen atoms in total. The minimum atomic E-state index is -12.8. The molecule has 0 aliphatic rings. The van der Waals surface area contributed by atoms with Gasteiger partial charge in [0.25, 0.3) is 0 Å². The maximum Gasteiger partial charge on any atom is 0.311 e.